The van der Waals surface area contributed by atoms with Crippen LogP contribution in [-0.2, 0) is 23.9 Å². The molecule has 0 bridgehead atoms. The quantitative estimate of drug-likeness (QED) is 0.0960. The first-order chi connectivity index (χ1) is 11.5. The van der Waals surface area contributed by atoms with Gasteiger partial charge in [-0.2, -0.15) is 0 Å². The number of hydrogen-bond donors (Lipinski definition) is 8. The Hall–Kier alpha value is -2.00. The van der Waals surface area contributed by atoms with E-state index in [1.54, 1.807) is 0 Å². The maximum atomic E-state index is 11.5. The zero-order valence-corrected chi connectivity index (χ0v) is 12.4. The lowest BCUT2D eigenvalue weighted by Gasteiger charge is -2.25. The molecule has 0 aromatic carbocycles. The van der Waals surface area contributed by atoms with Crippen molar-refractivity contribution in [2.24, 2.45) is 0 Å². The smallest absolute Gasteiger partial charge is 0.378 e. The highest BCUT2D eigenvalue weighted by molar-refractivity contribution is 6.35. The fraction of sp³-hybridized carbons (Fsp3) is 0.667. The minimum atomic E-state index is -2.55. The van der Waals surface area contributed by atoms with E-state index in [0.717, 1.165) is 0 Å². The highest BCUT2D eigenvalue weighted by atomic mass is 16.6. The molecule has 0 aromatic rings. The molecule has 0 saturated heterocycles. The van der Waals surface area contributed by atoms with Crippen LogP contribution in [0.1, 0.15) is 0 Å². The second-order valence-electron chi connectivity index (χ2n) is 4.82. The van der Waals surface area contributed by atoms with Crippen molar-refractivity contribution in [3.05, 3.63) is 0 Å². The van der Waals surface area contributed by atoms with Gasteiger partial charge in [0.05, 0.1) is 6.61 Å². The molecule has 0 saturated carbocycles. The zero-order chi connectivity index (χ0) is 19.9. The third kappa shape index (κ3) is 6.09. The number of carbonyl (C=O) groups is 4. The molecule has 0 aliphatic carbocycles. The van der Waals surface area contributed by atoms with Gasteiger partial charge in [-0.3, -0.25) is 9.59 Å². The second-order valence-corrected chi connectivity index (χ2v) is 4.82. The third-order valence-corrected chi connectivity index (χ3v) is 3.01. The Kier molecular flexibility index (Phi) is 9.29. The van der Waals surface area contributed by atoms with Gasteiger partial charge in [-0.25, -0.2) is 9.59 Å². The van der Waals surface area contributed by atoms with Gasteiger partial charge in [0.25, 0.3) is 5.78 Å². The van der Waals surface area contributed by atoms with Gasteiger partial charge in [0.2, 0.25) is 0 Å². The van der Waals surface area contributed by atoms with Crippen molar-refractivity contribution in [3.8, 4) is 0 Å². The van der Waals surface area contributed by atoms with Gasteiger partial charge in [0.1, 0.15) is 24.4 Å². The SMILES string of the molecule is O=C[C@@H](OC(=O)C(=O)[C@@H](O)[C@H](O)[C@H](O)CO)[C@@H](O)[C@H](O)[C@H](O)C(=O)O. The van der Waals surface area contributed by atoms with Crippen LogP contribution in [-0.4, -0.2) is 114 Å². The fourth-order valence-corrected chi connectivity index (χ4v) is 1.48. The second kappa shape index (κ2) is 10.1. The summed E-state index contributed by atoms with van der Waals surface area (Å²) in [5.74, 6) is -5.81. The van der Waals surface area contributed by atoms with Crippen LogP contribution in [0, 0.1) is 0 Å². The number of esters is 1. The fourth-order valence-electron chi connectivity index (χ4n) is 1.48. The van der Waals surface area contributed by atoms with E-state index in [4.69, 9.17) is 20.4 Å². The topological polar surface area (TPSA) is 239 Å². The number of aliphatic hydroxyl groups is 7. The number of carboxylic acid groups (broad SMARTS) is 1. The summed E-state index contributed by atoms with van der Waals surface area (Å²) < 4.78 is 4.17. The molecule has 0 heterocycles. The Balaban J connectivity index is 5.01. The molecule has 0 aromatic heterocycles. The zero-order valence-electron chi connectivity index (χ0n) is 12.4. The predicted octanol–water partition coefficient (Wildman–Crippen LogP) is -6.09. The molecule has 0 aliphatic rings. The minimum absolute atomic E-state index is 0.293. The number of rotatable bonds is 11. The molecule has 13 heteroatoms. The summed E-state index contributed by atoms with van der Waals surface area (Å²) in [6.45, 7) is -1.06. The van der Waals surface area contributed by atoms with E-state index < -0.39 is 67.1 Å². The number of carbonyl (C=O) groups excluding carboxylic acids is 3. The van der Waals surface area contributed by atoms with E-state index in [9.17, 15) is 39.6 Å². The lowest BCUT2D eigenvalue weighted by atomic mass is 10.0. The molecule has 0 radical (unpaired) electrons. The summed E-state index contributed by atoms with van der Waals surface area (Å²) in [6.07, 6.45) is -16.8. The van der Waals surface area contributed by atoms with Crippen molar-refractivity contribution in [1.29, 1.82) is 0 Å². The van der Waals surface area contributed by atoms with E-state index in [-0.39, 0.29) is 6.29 Å². The van der Waals surface area contributed by atoms with Crippen molar-refractivity contribution in [3.63, 3.8) is 0 Å². The molecule has 0 aliphatic heterocycles. The highest BCUT2D eigenvalue weighted by Crippen LogP contribution is 2.10. The Morgan fingerprint density at radius 1 is 0.880 bits per heavy atom. The van der Waals surface area contributed by atoms with Crippen molar-refractivity contribution in [1.82, 2.24) is 0 Å². The van der Waals surface area contributed by atoms with E-state index in [1.165, 1.54) is 0 Å². The largest absolute Gasteiger partial charge is 0.479 e. The average molecular weight is 370 g/mol. The standard InChI is InChI=1S/C12H18O13/c13-1-3(15)5(16)7(18)10(21)12(24)25-4(2-14)6(17)8(19)9(20)11(22)23/h2-9,13,15-20H,1H2,(H,22,23)/t3-,4-,5-,6-,7+,8+,9+/m1/s1. The van der Waals surface area contributed by atoms with Crippen LogP contribution in [0.3, 0.4) is 0 Å². The van der Waals surface area contributed by atoms with Gasteiger partial charge in [-0.05, 0) is 0 Å². The number of aliphatic carboxylic acids is 1. The Bertz CT molecular complexity index is 491. The number of ether oxygens (including phenoxy) is 1. The predicted molar refractivity (Wildman–Crippen MR) is 71.7 cm³/mol. The van der Waals surface area contributed by atoms with E-state index in [1.807, 2.05) is 0 Å². The van der Waals surface area contributed by atoms with Crippen LogP contribution in [0.4, 0.5) is 0 Å². The average Bonchev–Trinajstić information content (AvgIpc) is 2.60. The summed E-state index contributed by atoms with van der Waals surface area (Å²) in [5.41, 5.74) is 0. The number of hydrogen-bond acceptors (Lipinski definition) is 12. The maximum Gasteiger partial charge on any atom is 0.378 e. The molecule has 13 nitrogen and oxygen atoms in total. The van der Waals surface area contributed by atoms with Crippen molar-refractivity contribution < 1.29 is 64.8 Å². The molecule has 0 unspecified atom stereocenters. The Morgan fingerprint density at radius 3 is 1.80 bits per heavy atom. The Labute approximate surface area is 139 Å². The van der Waals surface area contributed by atoms with Crippen LogP contribution >= 0.6 is 0 Å². The summed E-state index contributed by atoms with van der Waals surface area (Å²) in [7, 11) is 0. The lowest BCUT2D eigenvalue weighted by molar-refractivity contribution is -0.179. The van der Waals surface area contributed by atoms with Gasteiger partial charge in [0.15, 0.2) is 24.6 Å². The van der Waals surface area contributed by atoms with Crippen LogP contribution in [0.25, 0.3) is 0 Å². The molecule has 0 amide bonds. The van der Waals surface area contributed by atoms with Crippen LogP contribution in [0.15, 0.2) is 0 Å². The van der Waals surface area contributed by atoms with Gasteiger partial charge in [-0.15, -0.1) is 0 Å². The van der Waals surface area contributed by atoms with Gasteiger partial charge in [0, 0.05) is 0 Å². The third-order valence-electron chi connectivity index (χ3n) is 3.01. The molecule has 0 fully saturated rings. The first kappa shape index (κ1) is 23.0. The van der Waals surface area contributed by atoms with Crippen molar-refractivity contribution >= 4 is 24.0 Å². The number of Topliss-reactive ketones (excluding diaryl/α,β-unsaturated/α-hetero) is 1. The van der Waals surface area contributed by atoms with E-state index >= 15 is 0 Å². The van der Waals surface area contributed by atoms with Crippen LogP contribution < -0.4 is 0 Å². The molecular formula is C12H18O13. The van der Waals surface area contributed by atoms with E-state index in [0.29, 0.717) is 0 Å². The van der Waals surface area contributed by atoms with Gasteiger partial charge in [-0.1, -0.05) is 0 Å². The molecule has 144 valence electrons. The molecular weight excluding hydrogens is 352 g/mol. The highest BCUT2D eigenvalue weighted by Gasteiger charge is 2.40. The number of aldehydes is 1. The molecule has 7 atom stereocenters. The summed E-state index contributed by atoms with van der Waals surface area (Å²) in [4.78, 5) is 44.2. The molecule has 25 heavy (non-hydrogen) atoms. The Morgan fingerprint density at radius 2 is 1.40 bits per heavy atom. The van der Waals surface area contributed by atoms with Crippen LogP contribution in [0.5, 0.6) is 0 Å². The van der Waals surface area contributed by atoms with Crippen LogP contribution in [0.2, 0.25) is 0 Å². The van der Waals surface area contributed by atoms with Gasteiger partial charge < -0.3 is 45.6 Å². The normalized spacial score (nSPS) is 19.6. The summed E-state index contributed by atoms with van der Waals surface area (Å²) >= 11 is 0. The van der Waals surface area contributed by atoms with Crippen molar-refractivity contribution in [2.45, 2.75) is 42.7 Å². The van der Waals surface area contributed by atoms with Crippen molar-refractivity contribution in [2.75, 3.05) is 6.61 Å². The molecule has 0 spiro atoms. The van der Waals surface area contributed by atoms with E-state index in [2.05, 4.69) is 4.74 Å². The molecule has 0 rings (SSSR count). The molecule has 8 N–H and O–H groups in total. The lowest BCUT2D eigenvalue weighted by Crippen LogP contribution is -2.51. The monoisotopic (exact) mass is 370 g/mol. The maximum absolute atomic E-state index is 11.5. The first-order valence-electron chi connectivity index (χ1n) is 6.61. The summed E-state index contributed by atoms with van der Waals surface area (Å²) in [6, 6.07) is 0. The number of ketones is 1. The number of carboxylic acids is 1. The first-order valence-corrected chi connectivity index (χ1v) is 6.61. The van der Waals surface area contributed by atoms with Gasteiger partial charge >= 0.3 is 11.9 Å². The number of aliphatic hydroxyl groups excluding tert-OH is 7. The summed E-state index contributed by atoms with van der Waals surface area (Å²) in [5, 5.41) is 72.6. The minimum Gasteiger partial charge on any atom is -0.479 e.